The fourth-order valence-electron chi connectivity index (χ4n) is 1.95. The van der Waals surface area contributed by atoms with Gasteiger partial charge in [0.05, 0.1) is 11.7 Å². The second-order valence-electron chi connectivity index (χ2n) is 4.83. The lowest BCUT2D eigenvalue weighted by atomic mass is 10.3. The smallest absolute Gasteiger partial charge is 0.245 e. The maximum atomic E-state index is 12.7. The van der Waals surface area contributed by atoms with Gasteiger partial charge in [-0.25, -0.2) is 8.42 Å². The van der Waals surface area contributed by atoms with Crippen LogP contribution in [0.1, 0.15) is 22.7 Å². The third-order valence-electron chi connectivity index (χ3n) is 3.35. The van der Waals surface area contributed by atoms with Gasteiger partial charge in [0.15, 0.2) is 0 Å². The maximum absolute atomic E-state index is 12.7. The van der Waals surface area contributed by atoms with E-state index in [2.05, 4.69) is 0 Å². The van der Waals surface area contributed by atoms with Crippen molar-refractivity contribution >= 4 is 38.6 Å². The number of hydrogen-bond donors (Lipinski definition) is 1. The highest BCUT2D eigenvalue weighted by atomic mass is 35.5. The summed E-state index contributed by atoms with van der Waals surface area (Å²) in [6.07, 6.45) is 0. The molecule has 0 aliphatic heterocycles. The Kier molecular flexibility index (Phi) is 4.63. The number of halogens is 1. The Morgan fingerprint density at radius 1 is 1.29 bits per heavy atom. The Labute approximate surface area is 134 Å². The molecule has 2 aromatic rings. The van der Waals surface area contributed by atoms with E-state index in [1.54, 1.807) is 24.5 Å². The summed E-state index contributed by atoms with van der Waals surface area (Å²) >= 11 is 7.47. The number of rotatable bonds is 4. The Morgan fingerprint density at radius 3 is 2.52 bits per heavy atom. The minimum atomic E-state index is -3.70. The molecule has 1 heterocycles. The van der Waals surface area contributed by atoms with E-state index in [0.29, 0.717) is 5.02 Å². The van der Waals surface area contributed by atoms with Crippen LogP contribution in [0.5, 0.6) is 0 Å². The minimum Gasteiger partial charge on any atom is -0.398 e. The molecule has 0 bridgehead atoms. The molecular weight excluding hydrogens is 328 g/mol. The van der Waals surface area contributed by atoms with Crippen molar-refractivity contribution in [1.29, 1.82) is 0 Å². The molecule has 0 aliphatic carbocycles. The van der Waals surface area contributed by atoms with E-state index in [1.165, 1.54) is 16.4 Å². The largest absolute Gasteiger partial charge is 0.398 e. The first-order valence-corrected chi connectivity index (χ1v) is 8.96. The lowest BCUT2D eigenvalue weighted by Crippen LogP contribution is -2.30. The standard InChI is InChI=1S/C14H17ClN2O2S2/c1-9-4-7-13(20-9)10(2)17(3)21(18,19)14-8-11(15)5-6-12(14)16/h4-8,10H,16H2,1-3H3. The van der Waals surface area contributed by atoms with Crippen LogP contribution in [0.3, 0.4) is 0 Å². The van der Waals surface area contributed by atoms with Gasteiger partial charge in [-0.15, -0.1) is 11.3 Å². The Balaban J connectivity index is 2.41. The molecule has 0 spiro atoms. The first-order valence-electron chi connectivity index (χ1n) is 6.33. The summed E-state index contributed by atoms with van der Waals surface area (Å²) in [5.74, 6) is 0. The third kappa shape index (κ3) is 3.23. The molecule has 2 N–H and O–H groups in total. The minimum absolute atomic E-state index is 0.0395. The van der Waals surface area contributed by atoms with E-state index in [9.17, 15) is 8.42 Å². The van der Waals surface area contributed by atoms with Gasteiger partial charge in [0.25, 0.3) is 0 Å². The van der Waals surface area contributed by atoms with Crippen LogP contribution in [0.25, 0.3) is 0 Å². The topological polar surface area (TPSA) is 63.4 Å². The number of anilines is 1. The van der Waals surface area contributed by atoms with Gasteiger partial charge in [-0.3, -0.25) is 0 Å². The summed E-state index contributed by atoms with van der Waals surface area (Å²) in [6, 6.07) is 8.11. The van der Waals surface area contributed by atoms with Crippen LogP contribution in [0.2, 0.25) is 5.02 Å². The van der Waals surface area contributed by atoms with Crippen molar-refractivity contribution in [3.63, 3.8) is 0 Å². The van der Waals surface area contributed by atoms with Crippen LogP contribution in [0, 0.1) is 6.92 Å². The number of hydrogen-bond acceptors (Lipinski definition) is 4. The normalized spacial score (nSPS) is 13.6. The molecule has 21 heavy (non-hydrogen) atoms. The first-order chi connectivity index (χ1) is 9.73. The number of sulfonamides is 1. The fourth-order valence-corrected chi connectivity index (χ4v) is 4.71. The predicted molar refractivity (Wildman–Crippen MR) is 88.3 cm³/mol. The SMILES string of the molecule is Cc1ccc(C(C)N(C)S(=O)(=O)c2cc(Cl)ccc2N)s1. The quantitative estimate of drug-likeness (QED) is 0.860. The van der Waals surface area contributed by atoms with Crippen LogP contribution in [-0.2, 0) is 10.0 Å². The Morgan fingerprint density at radius 2 is 1.95 bits per heavy atom. The second kappa shape index (κ2) is 5.96. The van der Waals surface area contributed by atoms with Gasteiger partial charge in [-0.1, -0.05) is 11.6 Å². The first kappa shape index (κ1) is 16.3. The molecule has 2 rings (SSSR count). The van der Waals surface area contributed by atoms with Crippen molar-refractivity contribution < 1.29 is 8.42 Å². The number of nitrogen functional groups attached to an aromatic ring is 1. The maximum Gasteiger partial charge on any atom is 0.245 e. The highest BCUT2D eigenvalue weighted by molar-refractivity contribution is 7.89. The van der Waals surface area contributed by atoms with Gasteiger partial charge < -0.3 is 5.73 Å². The number of nitrogens with zero attached hydrogens (tertiary/aromatic N) is 1. The van der Waals surface area contributed by atoms with Crippen molar-refractivity contribution in [2.75, 3.05) is 12.8 Å². The zero-order chi connectivity index (χ0) is 15.8. The molecule has 0 fully saturated rings. The highest BCUT2D eigenvalue weighted by Gasteiger charge is 2.28. The summed E-state index contributed by atoms with van der Waals surface area (Å²) in [6.45, 7) is 3.84. The van der Waals surface area contributed by atoms with Gasteiger partial charge in [0.1, 0.15) is 4.90 Å². The van der Waals surface area contributed by atoms with Crippen molar-refractivity contribution in [3.05, 3.63) is 45.1 Å². The van der Waals surface area contributed by atoms with E-state index in [1.807, 2.05) is 26.0 Å². The molecule has 114 valence electrons. The molecule has 1 aromatic heterocycles. The summed E-state index contributed by atoms with van der Waals surface area (Å²) in [5, 5.41) is 0.343. The van der Waals surface area contributed by atoms with Crippen molar-refractivity contribution in [2.24, 2.45) is 0 Å². The van der Waals surface area contributed by atoms with Gasteiger partial charge in [0.2, 0.25) is 10.0 Å². The highest BCUT2D eigenvalue weighted by Crippen LogP contribution is 2.32. The summed E-state index contributed by atoms with van der Waals surface area (Å²) in [4.78, 5) is 2.17. The molecule has 0 saturated heterocycles. The average Bonchev–Trinajstić information content (AvgIpc) is 2.86. The lowest BCUT2D eigenvalue weighted by molar-refractivity contribution is 0.403. The van der Waals surface area contributed by atoms with Crippen molar-refractivity contribution in [2.45, 2.75) is 24.8 Å². The van der Waals surface area contributed by atoms with Crippen molar-refractivity contribution in [1.82, 2.24) is 4.31 Å². The van der Waals surface area contributed by atoms with Crippen LogP contribution in [0.4, 0.5) is 5.69 Å². The molecule has 1 unspecified atom stereocenters. The molecule has 0 amide bonds. The second-order valence-corrected chi connectivity index (χ2v) is 8.55. The number of thiophene rings is 1. The zero-order valence-electron chi connectivity index (χ0n) is 12.0. The number of aryl methyl sites for hydroxylation is 1. The van der Waals surface area contributed by atoms with Crippen LogP contribution >= 0.6 is 22.9 Å². The lowest BCUT2D eigenvalue weighted by Gasteiger charge is -2.24. The molecule has 1 aromatic carbocycles. The Hall–Kier alpha value is -1.08. The predicted octanol–water partition coefficient (Wildman–Crippen LogP) is 3.67. The fraction of sp³-hybridized carbons (Fsp3) is 0.286. The van der Waals surface area contributed by atoms with E-state index >= 15 is 0 Å². The summed E-state index contributed by atoms with van der Waals surface area (Å²) in [7, 11) is -2.15. The molecule has 0 saturated carbocycles. The zero-order valence-corrected chi connectivity index (χ0v) is 14.4. The van der Waals surface area contributed by atoms with Gasteiger partial charge in [-0.2, -0.15) is 4.31 Å². The average molecular weight is 345 g/mol. The Bertz CT molecular complexity index is 756. The van der Waals surface area contributed by atoms with Gasteiger partial charge in [-0.05, 0) is 44.2 Å². The van der Waals surface area contributed by atoms with Gasteiger partial charge in [0, 0.05) is 21.8 Å². The van der Waals surface area contributed by atoms with Crippen LogP contribution in [-0.4, -0.2) is 19.8 Å². The monoisotopic (exact) mass is 344 g/mol. The molecule has 1 atom stereocenters. The molecule has 0 radical (unpaired) electrons. The van der Waals surface area contributed by atoms with E-state index in [0.717, 1.165) is 9.75 Å². The third-order valence-corrected chi connectivity index (χ3v) is 6.74. The molecule has 0 aliphatic rings. The van der Waals surface area contributed by atoms with Crippen LogP contribution < -0.4 is 5.73 Å². The summed E-state index contributed by atoms with van der Waals surface area (Å²) in [5.41, 5.74) is 5.99. The van der Waals surface area contributed by atoms with E-state index in [4.69, 9.17) is 17.3 Å². The van der Waals surface area contributed by atoms with Crippen LogP contribution in [0.15, 0.2) is 35.2 Å². The number of benzene rings is 1. The van der Waals surface area contributed by atoms with Crippen molar-refractivity contribution in [3.8, 4) is 0 Å². The molecular formula is C14H17ClN2O2S2. The van der Waals surface area contributed by atoms with Gasteiger partial charge >= 0.3 is 0 Å². The molecule has 4 nitrogen and oxygen atoms in total. The van der Waals surface area contributed by atoms with E-state index < -0.39 is 10.0 Å². The van der Waals surface area contributed by atoms with E-state index in [-0.39, 0.29) is 16.6 Å². The molecule has 7 heteroatoms. The number of nitrogens with two attached hydrogens (primary N) is 1. The summed E-state index contributed by atoms with van der Waals surface area (Å²) < 4.78 is 26.8.